The van der Waals surface area contributed by atoms with Gasteiger partial charge >= 0.3 is 0 Å². The number of phenols is 1. The van der Waals surface area contributed by atoms with Gasteiger partial charge in [-0.2, -0.15) is 10.2 Å². The Kier molecular flexibility index (Phi) is 9.55. The number of nitrogens with zero attached hydrogens (tertiary/aromatic N) is 2. The molecule has 0 bridgehead atoms. The van der Waals surface area contributed by atoms with Crippen LogP contribution < -0.4 is 31.0 Å². The van der Waals surface area contributed by atoms with Crippen molar-refractivity contribution in [2.24, 2.45) is 10.2 Å². The van der Waals surface area contributed by atoms with Crippen LogP contribution in [-0.2, 0) is 0 Å². The summed E-state index contributed by atoms with van der Waals surface area (Å²) in [4.78, 5) is 0. The number of nitrogens with one attached hydrogen (secondary N) is 4. The molecule has 3 aromatic carbocycles. The largest absolute Gasteiger partial charge is 0.507 e. The van der Waals surface area contributed by atoms with Gasteiger partial charge in [-0.05, 0) is 73.3 Å². The molecule has 0 aliphatic rings. The third-order valence-corrected chi connectivity index (χ3v) is 5.09. The Bertz CT molecular complexity index is 1200. The van der Waals surface area contributed by atoms with Crippen molar-refractivity contribution in [3.05, 3.63) is 77.4 Å². The van der Waals surface area contributed by atoms with Gasteiger partial charge in [-0.15, -0.1) is 0 Å². The highest BCUT2D eigenvalue weighted by atomic mass is 32.1. The number of hydrogen-bond donors (Lipinski definition) is 5. The quantitative estimate of drug-likeness (QED) is 0.167. The maximum absolute atomic E-state index is 10.7. The number of thiocarbonyl (C=S) groups is 2. The predicted octanol–water partition coefficient (Wildman–Crippen LogP) is 4.36. The Morgan fingerprint density at radius 3 is 1.64 bits per heavy atom. The van der Waals surface area contributed by atoms with Gasteiger partial charge in [-0.25, -0.2) is 0 Å². The molecule has 36 heavy (non-hydrogen) atoms. The predicted molar refractivity (Wildman–Crippen MR) is 153 cm³/mol. The maximum atomic E-state index is 10.7. The number of hydrogen-bond acceptors (Lipinski definition) is 7. The van der Waals surface area contributed by atoms with E-state index in [1.807, 2.05) is 55.5 Å². The fraction of sp³-hybridized carbons (Fsp3) is 0.120. The molecule has 0 unspecified atom stereocenters. The van der Waals surface area contributed by atoms with Gasteiger partial charge in [-0.1, -0.05) is 12.1 Å². The lowest BCUT2D eigenvalue weighted by Gasteiger charge is -2.09. The lowest BCUT2D eigenvalue weighted by Crippen LogP contribution is -2.24. The van der Waals surface area contributed by atoms with Gasteiger partial charge in [0.05, 0.1) is 26.6 Å². The number of ether oxygens (including phenoxy) is 2. The van der Waals surface area contributed by atoms with Crippen LogP contribution in [0.15, 0.2) is 70.9 Å². The average molecular weight is 523 g/mol. The van der Waals surface area contributed by atoms with E-state index in [-0.39, 0.29) is 16.0 Å². The number of phenolic OH excluding ortho intramolecular Hbond substituents is 1. The minimum atomic E-state index is 0.00930. The molecule has 0 aliphatic carbocycles. The summed E-state index contributed by atoms with van der Waals surface area (Å²) < 4.78 is 10.4. The van der Waals surface area contributed by atoms with Crippen molar-refractivity contribution in [3.8, 4) is 17.2 Å². The van der Waals surface area contributed by atoms with Gasteiger partial charge in [-0.3, -0.25) is 10.9 Å². The molecule has 0 aromatic heterocycles. The molecule has 0 saturated carbocycles. The lowest BCUT2D eigenvalue weighted by atomic mass is 10.1. The molecule has 0 fully saturated rings. The minimum absolute atomic E-state index is 0.00930. The molecule has 186 valence electrons. The van der Waals surface area contributed by atoms with Gasteiger partial charge in [0.2, 0.25) is 0 Å². The topological polar surface area (TPSA) is 112 Å². The Balaban J connectivity index is 1.59. The highest BCUT2D eigenvalue weighted by molar-refractivity contribution is 7.80. The monoisotopic (exact) mass is 522 g/mol. The molecule has 0 aliphatic heterocycles. The van der Waals surface area contributed by atoms with Crippen LogP contribution in [-0.4, -0.2) is 42.0 Å². The van der Waals surface area contributed by atoms with Crippen molar-refractivity contribution in [1.82, 2.24) is 10.9 Å². The Hall–Kier alpha value is -4.22. The van der Waals surface area contributed by atoms with Crippen LogP contribution in [0.25, 0.3) is 0 Å². The van der Waals surface area contributed by atoms with E-state index in [1.165, 1.54) is 12.4 Å². The zero-order chi connectivity index (χ0) is 25.9. The molecule has 3 rings (SSSR count). The number of benzene rings is 3. The second-order valence-electron chi connectivity index (χ2n) is 7.40. The fourth-order valence-electron chi connectivity index (χ4n) is 3.07. The van der Waals surface area contributed by atoms with Crippen molar-refractivity contribution < 1.29 is 14.6 Å². The average Bonchev–Trinajstić information content (AvgIpc) is 2.86. The third-order valence-electron chi connectivity index (χ3n) is 4.71. The molecular weight excluding hydrogens is 496 g/mol. The summed E-state index contributed by atoms with van der Waals surface area (Å²) in [6, 6.07) is 18.3. The van der Waals surface area contributed by atoms with Gasteiger partial charge < -0.3 is 25.2 Å². The molecule has 0 radical (unpaired) electrons. The molecule has 0 heterocycles. The van der Waals surface area contributed by atoms with Crippen molar-refractivity contribution >= 4 is 58.5 Å². The van der Waals surface area contributed by atoms with E-state index >= 15 is 0 Å². The van der Waals surface area contributed by atoms with Gasteiger partial charge in [0.25, 0.3) is 0 Å². The van der Waals surface area contributed by atoms with Crippen LogP contribution in [0.5, 0.6) is 17.2 Å². The molecule has 11 heteroatoms. The minimum Gasteiger partial charge on any atom is -0.507 e. The number of aryl methyl sites for hydroxylation is 1. The van der Waals surface area contributed by atoms with Crippen molar-refractivity contribution in [2.75, 3.05) is 24.9 Å². The molecule has 0 spiro atoms. The molecule has 9 nitrogen and oxygen atoms in total. The zero-order valence-corrected chi connectivity index (χ0v) is 21.5. The van der Waals surface area contributed by atoms with Crippen molar-refractivity contribution in [3.63, 3.8) is 0 Å². The van der Waals surface area contributed by atoms with Crippen LogP contribution in [0.3, 0.4) is 0 Å². The standard InChI is InChI=1S/C25H26N6O3S2/c1-16-10-17(14-26-30-24(35)28-19-6-4-8-21(12-19)33-2)23(32)18(11-16)15-27-31-25(36)29-20-7-5-9-22(13-20)34-3/h4-15,32H,1-3H3,(H2,28,30,35)(H2,29,31,36)/b26-14+,27-15+. The van der Waals surface area contributed by atoms with Crippen molar-refractivity contribution in [2.45, 2.75) is 6.92 Å². The maximum Gasteiger partial charge on any atom is 0.191 e. The van der Waals surface area contributed by atoms with E-state index in [0.717, 1.165) is 16.9 Å². The van der Waals surface area contributed by atoms with Gasteiger partial charge in [0.15, 0.2) is 10.2 Å². The lowest BCUT2D eigenvalue weighted by molar-refractivity contribution is 0.415. The fourth-order valence-corrected chi connectivity index (χ4v) is 3.41. The van der Waals surface area contributed by atoms with Crippen LogP contribution in [0, 0.1) is 6.92 Å². The highest BCUT2D eigenvalue weighted by Gasteiger charge is 2.07. The Morgan fingerprint density at radius 2 is 1.22 bits per heavy atom. The first-order valence-electron chi connectivity index (χ1n) is 10.7. The SMILES string of the molecule is COc1cccc(NC(=S)N/N=C/c2cc(C)cc(/C=N/NC(=S)Nc3cccc(OC)c3)c2O)c1. The Labute approximate surface area is 220 Å². The second-order valence-corrected chi connectivity index (χ2v) is 8.22. The van der Waals surface area contributed by atoms with Crippen LogP contribution in [0.2, 0.25) is 0 Å². The van der Waals surface area contributed by atoms with E-state index in [9.17, 15) is 5.11 Å². The van der Waals surface area contributed by atoms with Crippen molar-refractivity contribution in [1.29, 1.82) is 0 Å². The molecule has 0 amide bonds. The van der Waals surface area contributed by atoms with Crippen LogP contribution >= 0.6 is 24.4 Å². The second kappa shape index (κ2) is 13.0. The van der Waals surface area contributed by atoms with E-state index in [1.54, 1.807) is 26.4 Å². The number of methoxy groups -OCH3 is 2. The van der Waals surface area contributed by atoms with Crippen LogP contribution in [0.4, 0.5) is 11.4 Å². The van der Waals surface area contributed by atoms with Gasteiger partial charge in [0, 0.05) is 34.6 Å². The number of rotatable bonds is 8. The highest BCUT2D eigenvalue weighted by Crippen LogP contribution is 2.22. The summed E-state index contributed by atoms with van der Waals surface area (Å²) >= 11 is 10.5. The first-order valence-corrected chi connectivity index (χ1v) is 11.5. The summed E-state index contributed by atoms with van der Waals surface area (Å²) in [6.45, 7) is 1.90. The Morgan fingerprint density at radius 1 is 0.778 bits per heavy atom. The zero-order valence-electron chi connectivity index (χ0n) is 19.9. The molecule has 3 aromatic rings. The number of hydrazone groups is 2. The summed E-state index contributed by atoms with van der Waals surface area (Å²) in [5.41, 5.74) is 8.86. The number of anilines is 2. The first-order chi connectivity index (χ1) is 17.4. The van der Waals surface area contributed by atoms with E-state index in [2.05, 4.69) is 31.7 Å². The molecular formula is C25H26N6O3S2. The summed E-state index contributed by atoms with van der Waals surface area (Å²) in [7, 11) is 3.19. The summed E-state index contributed by atoms with van der Waals surface area (Å²) in [5.74, 6) is 1.42. The van der Waals surface area contributed by atoms with Crippen LogP contribution in [0.1, 0.15) is 16.7 Å². The summed E-state index contributed by atoms with van der Waals surface area (Å²) in [6.07, 6.45) is 2.95. The smallest absolute Gasteiger partial charge is 0.191 e. The third kappa shape index (κ3) is 7.93. The normalized spacial score (nSPS) is 10.8. The van der Waals surface area contributed by atoms with Gasteiger partial charge in [0.1, 0.15) is 17.2 Å². The van der Waals surface area contributed by atoms with E-state index < -0.39 is 0 Å². The van der Waals surface area contributed by atoms with E-state index in [0.29, 0.717) is 22.6 Å². The number of aromatic hydroxyl groups is 1. The molecule has 0 atom stereocenters. The molecule has 5 N–H and O–H groups in total. The molecule has 0 saturated heterocycles. The van der Waals surface area contributed by atoms with E-state index in [4.69, 9.17) is 33.9 Å². The first kappa shape index (κ1) is 26.4. The summed E-state index contributed by atoms with van der Waals surface area (Å²) in [5, 5.41) is 25.5.